The molecule has 0 saturated heterocycles. The van der Waals surface area contributed by atoms with Crippen molar-refractivity contribution in [2.24, 2.45) is 0 Å². The summed E-state index contributed by atoms with van der Waals surface area (Å²) in [7, 11) is 0. The van der Waals surface area contributed by atoms with Gasteiger partial charge in [-0.1, -0.05) is 66.2 Å². The van der Waals surface area contributed by atoms with Crippen LogP contribution in [-0.4, -0.2) is 0 Å². The summed E-state index contributed by atoms with van der Waals surface area (Å²) in [5.74, 6) is -0.545. The zero-order chi connectivity index (χ0) is 20.0. The van der Waals surface area contributed by atoms with Gasteiger partial charge in [-0.25, -0.2) is 8.78 Å². The van der Waals surface area contributed by atoms with E-state index in [1.165, 1.54) is 24.3 Å². The summed E-state index contributed by atoms with van der Waals surface area (Å²) in [5.41, 5.74) is 3.88. The summed E-state index contributed by atoms with van der Waals surface area (Å²) in [6, 6.07) is 26.9. The summed E-state index contributed by atoms with van der Waals surface area (Å²) >= 11 is 6.36. The van der Waals surface area contributed by atoms with Gasteiger partial charge in [0.1, 0.15) is 11.6 Å². The maximum atomic E-state index is 13.6. The number of fused-ring (bicyclic) bond motifs is 2. The molecule has 0 aliphatic carbocycles. The SMILES string of the molecule is Fc1ccc(-c2c3ccccc3c(-c3ccc(F)cc3)c3cc(Cl)ccc23)cc1. The van der Waals surface area contributed by atoms with Crippen molar-refractivity contribution in [2.45, 2.75) is 0 Å². The molecule has 0 bridgehead atoms. The first-order valence-corrected chi connectivity index (χ1v) is 9.65. The molecule has 0 nitrogen and oxygen atoms in total. The van der Waals surface area contributed by atoms with Crippen LogP contribution in [-0.2, 0) is 0 Å². The molecule has 140 valence electrons. The first kappa shape index (κ1) is 17.8. The van der Waals surface area contributed by atoms with Gasteiger partial charge in [0.25, 0.3) is 0 Å². The smallest absolute Gasteiger partial charge is 0.123 e. The molecule has 0 spiro atoms. The Morgan fingerprint density at radius 2 is 0.931 bits per heavy atom. The highest BCUT2D eigenvalue weighted by molar-refractivity contribution is 6.32. The molecule has 0 N–H and O–H groups in total. The fourth-order valence-corrected chi connectivity index (χ4v) is 4.18. The Morgan fingerprint density at radius 1 is 0.483 bits per heavy atom. The third kappa shape index (κ3) is 3.06. The van der Waals surface area contributed by atoms with Crippen molar-refractivity contribution in [1.29, 1.82) is 0 Å². The second-order valence-corrected chi connectivity index (χ2v) is 7.44. The van der Waals surface area contributed by atoms with Crippen molar-refractivity contribution in [1.82, 2.24) is 0 Å². The Balaban J connectivity index is 1.98. The van der Waals surface area contributed by atoms with E-state index < -0.39 is 0 Å². The molecule has 5 aromatic rings. The predicted octanol–water partition coefficient (Wildman–Crippen LogP) is 8.26. The van der Waals surface area contributed by atoms with Crippen LogP contribution in [0.25, 0.3) is 43.8 Å². The molecule has 0 heterocycles. The van der Waals surface area contributed by atoms with E-state index in [0.29, 0.717) is 5.02 Å². The van der Waals surface area contributed by atoms with Crippen LogP contribution in [0, 0.1) is 11.6 Å². The minimum absolute atomic E-state index is 0.270. The average molecular weight is 401 g/mol. The number of hydrogen-bond acceptors (Lipinski definition) is 0. The zero-order valence-electron chi connectivity index (χ0n) is 15.3. The van der Waals surface area contributed by atoms with Crippen molar-refractivity contribution in [2.75, 3.05) is 0 Å². The molecule has 3 heteroatoms. The van der Waals surface area contributed by atoms with Crippen LogP contribution in [0.2, 0.25) is 5.02 Å². The molecule has 0 aromatic heterocycles. The van der Waals surface area contributed by atoms with E-state index in [4.69, 9.17) is 11.6 Å². The molecular formula is C26H15ClF2. The Morgan fingerprint density at radius 3 is 1.45 bits per heavy atom. The van der Waals surface area contributed by atoms with E-state index in [1.54, 1.807) is 24.3 Å². The minimum Gasteiger partial charge on any atom is -0.207 e. The van der Waals surface area contributed by atoms with E-state index in [1.807, 2.05) is 30.3 Å². The summed E-state index contributed by atoms with van der Waals surface area (Å²) in [6.45, 7) is 0. The highest BCUT2D eigenvalue weighted by Crippen LogP contribution is 2.44. The van der Waals surface area contributed by atoms with Crippen LogP contribution >= 0.6 is 11.6 Å². The quantitative estimate of drug-likeness (QED) is 0.261. The normalized spacial score (nSPS) is 11.3. The highest BCUT2D eigenvalue weighted by atomic mass is 35.5. The lowest BCUT2D eigenvalue weighted by Gasteiger charge is -2.18. The largest absolute Gasteiger partial charge is 0.207 e. The van der Waals surface area contributed by atoms with Crippen molar-refractivity contribution < 1.29 is 8.78 Å². The second kappa shape index (κ2) is 6.98. The van der Waals surface area contributed by atoms with Crippen LogP contribution in [0.1, 0.15) is 0 Å². The fraction of sp³-hybridized carbons (Fsp3) is 0. The van der Waals surface area contributed by atoms with Crippen molar-refractivity contribution in [3.63, 3.8) is 0 Å². The van der Waals surface area contributed by atoms with Crippen LogP contribution in [0.15, 0.2) is 91.0 Å². The predicted molar refractivity (Wildman–Crippen MR) is 117 cm³/mol. The fourth-order valence-electron chi connectivity index (χ4n) is 4.01. The molecule has 0 saturated carbocycles. The van der Waals surface area contributed by atoms with Gasteiger partial charge in [0.2, 0.25) is 0 Å². The summed E-state index contributed by atoms with van der Waals surface area (Å²) in [5, 5.41) is 4.70. The number of rotatable bonds is 2. The molecule has 0 radical (unpaired) electrons. The Kier molecular flexibility index (Phi) is 4.30. The monoisotopic (exact) mass is 400 g/mol. The van der Waals surface area contributed by atoms with Gasteiger partial charge in [0.05, 0.1) is 0 Å². The molecule has 0 amide bonds. The van der Waals surface area contributed by atoms with Gasteiger partial charge < -0.3 is 0 Å². The summed E-state index contributed by atoms with van der Waals surface area (Å²) in [4.78, 5) is 0. The minimum atomic E-state index is -0.275. The molecular weight excluding hydrogens is 386 g/mol. The zero-order valence-corrected chi connectivity index (χ0v) is 16.1. The van der Waals surface area contributed by atoms with Gasteiger partial charge >= 0.3 is 0 Å². The first-order valence-electron chi connectivity index (χ1n) is 9.28. The summed E-state index contributed by atoms with van der Waals surface area (Å²) in [6.07, 6.45) is 0. The Labute approximate surface area is 172 Å². The maximum absolute atomic E-state index is 13.6. The molecule has 0 aliphatic heterocycles. The Bertz CT molecular complexity index is 1350. The standard InChI is InChI=1S/C26H15ClF2/c27-18-9-14-23-24(15-18)26(17-7-12-20(29)13-8-17)22-4-2-1-3-21(22)25(23)16-5-10-19(28)11-6-16/h1-15H. The lowest BCUT2D eigenvalue weighted by Crippen LogP contribution is -1.91. The number of hydrogen-bond donors (Lipinski definition) is 0. The van der Waals surface area contributed by atoms with Gasteiger partial charge in [0, 0.05) is 5.02 Å². The maximum Gasteiger partial charge on any atom is 0.123 e. The van der Waals surface area contributed by atoms with Gasteiger partial charge in [-0.05, 0) is 80.2 Å². The van der Waals surface area contributed by atoms with Crippen molar-refractivity contribution in [3.05, 3.63) is 108 Å². The Hall–Kier alpha value is -3.23. The van der Waals surface area contributed by atoms with Crippen LogP contribution in [0.5, 0.6) is 0 Å². The van der Waals surface area contributed by atoms with E-state index >= 15 is 0 Å². The van der Waals surface area contributed by atoms with E-state index in [2.05, 4.69) is 12.1 Å². The molecule has 5 rings (SSSR count). The topological polar surface area (TPSA) is 0 Å². The molecule has 0 atom stereocenters. The van der Waals surface area contributed by atoms with Crippen molar-refractivity contribution >= 4 is 33.1 Å². The molecule has 0 aliphatic rings. The van der Waals surface area contributed by atoms with Crippen LogP contribution < -0.4 is 0 Å². The highest BCUT2D eigenvalue weighted by Gasteiger charge is 2.17. The van der Waals surface area contributed by atoms with E-state index in [0.717, 1.165) is 43.8 Å². The number of halogens is 3. The molecule has 29 heavy (non-hydrogen) atoms. The summed E-state index contributed by atoms with van der Waals surface area (Å²) < 4.78 is 27.1. The van der Waals surface area contributed by atoms with E-state index in [9.17, 15) is 8.78 Å². The lowest BCUT2D eigenvalue weighted by atomic mass is 9.86. The third-order valence-electron chi connectivity index (χ3n) is 5.25. The van der Waals surface area contributed by atoms with Gasteiger partial charge in [-0.3, -0.25) is 0 Å². The van der Waals surface area contributed by atoms with Gasteiger partial charge in [0.15, 0.2) is 0 Å². The van der Waals surface area contributed by atoms with Gasteiger partial charge in [-0.15, -0.1) is 0 Å². The average Bonchev–Trinajstić information content (AvgIpc) is 2.74. The molecule has 0 fully saturated rings. The van der Waals surface area contributed by atoms with Crippen molar-refractivity contribution in [3.8, 4) is 22.3 Å². The second-order valence-electron chi connectivity index (χ2n) is 7.00. The van der Waals surface area contributed by atoms with Crippen LogP contribution in [0.3, 0.4) is 0 Å². The van der Waals surface area contributed by atoms with Crippen LogP contribution in [0.4, 0.5) is 8.78 Å². The first-order chi connectivity index (χ1) is 14.1. The van der Waals surface area contributed by atoms with Gasteiger partial charge in [-0.2, -0.15) is 0 Å². The van der Waals surface area contributed by atoms with E-state index in [-0.39, 0.29) is 11.6 Å². The molecule has 0 unspecified atom stereocenters. The molecule has 5 aromatic carbocycles. The third-order valence-corrected chi connectivity index (χ3v) is 5.49. The lowest BCUT2D eigenvalue weighted by molar-refractivity contribution is 0.627. The number of benzene rings is 5.